The molecule has 0 aromatic heterocycles. The topological polar surface area (TPSA) is 240 Å². The van der Waals surface area contributed by atoms with Gasteiger partial charge in [0.05, 0.1) is 31.0 Å². The van der Waals surface area contributed by atoms with Crippen LogP contribution in [-0.2, 0) is 53.3 Å². The van der Waals surface area contributed by atoms with Crippen LogP contribution >= 0.6 is 0 Å². The molecule has 1 saturated heterocycles. The maximum absolute atomic E-state index is 15.2. The first-order valence-corrected chi connectivity index (χ1v) is 29.8. The molecule has 1 fully saturated rings. The van der Waals surface area contributed by atoms with Crippen LogP contribution in [0, 0.1) is 11.8 Å². The number of benzene rings is 5. The first-order valence-electron chi connectivity index (χ1n) is 30.3. The van der Waals surface area contributed by atoms with Crippen LogP contribution in [0.5, 0.6) is 0 Å². The van der Waals surface area contributed by atoms with Gasteiger partial charge in [0.2, 0.25) is 29.5 Å². The Balaban J connectivity index is 1.00. The average molecular weight is 1190 g/mol. The van der Waals surface area contributed by atoms with Crippen LogP contribution in [0.3, 0.4) is 0 Å². The van der Waals surface area contributed by atoms with Gasteiger partial charge >= 0.3 is 12.1 Å². The minimum Gasteiger partial charge on any atom is -0.449 e. The van der Waals surface area contributed by atoms with Gasteiger partial charge in [-0.15, -0.1) is 0 Å². The quantitative estimate of drug-likeness (QED) is 0.0150. The van der Waals surface area contributed by atoms with Crippen molar-refractivity contribution in [3.05, 3.63) is 192 Å². The van der Waals surface area contributed by atoms with Crippen LogP contribution in [0.1, 0.15) is 122 Å². The van der Waals surface area contributed by atoms with E-state index in [1.807, 2.05) is 167 Å². The lowest BCUT2D eigenvalue weighted by Crippen LogP contribution is -2.57. The largest absolute Gasteiger partial charge is 0.449 e. The molecule has 5 aromatic carbocycles. The first kappa shape index (κ1) is 64.1. The van der Waals surface area contributed by atoms with Gasteiger partial charge in [-0.3, -0.25) is 28.8 Å². The highest BCUT2D eigenvalue weighted by Gasteiger charge is 2.46. The molecule has 1 aliphatic heterocycles. The molecular weight excluding hydrogens is 1100 g/mol. The fraction of sp³-hybridized carbons (Fsp3) is 0.391. The lowest BCUT2D eigenvalue weighted by Gasteiger charge is -2.39. The van der Waals surface area contributed by atoms with Crippen molar-refractivity contribution in [1.82, 2.24) is 36.8 Å². The van der Waals surface area contributed by atoms with Crippen molar-refractivity contribution in [3.63, 3.8) is 0 Å². The molecule has 18 nitrogen and oxygen atoms in total. The molecule has 0 bridgehead atoms. The van der Waals surface area contributed by atoms with Gasteiger partial charge in [-0.05, 0) is 78.5 Å². The number of ether oxygens (including phenoxy) is 3. The third-order valence-corrected chi connectivity index (χ3v) is 16.0. The zero-order valence-corrected chi connectivity index (χ0v) is 50.8. The molecule has 2 aliphatic rings. The Morgan fingerprint density at radius 1 is 0.655 bits per heavy atom. The van der Waals surface area contributed by atoms with E-state index in [4.69, 9.17) is 15.6 Å². The normalized spacial score (nSPS) is 16.4. The molecule has 5 aromatic rings. The number of hydrogen-bond donors (Lipinski definition) is 6. The van der Waals surface area contributed by atoms with Crippen molar-refractivity contribution in [2.75, 3.05) is 26.2 Å². The maximum atomic E-state index is 15.2. The number of alkyl carbamates (subject to hydrolysis) is 1. The lowest BCUT2D eigenvalue weighted by atomic mass is 9.76. The Labute approximate surface area is 512 Å². The van der Waals surface area contributed by atoms with Gasteiger partial charge in [0, 0.05) is 43.3 Å². The highest BCUT2D eigenvalue weighted by molar-refractivity contribution is 5.96. The van der Waals surface area contributed by atoms with Gasteiger partial charge in [-0.1, -0.05) is 187 Å². The Kier molecular flexibility index (Phi) is 22.4. The lowest BCUT2D eigenvalue weighted by molar-refractivity contribution is -0.150. The van der Waals surface area contributed by atoms with E-state index in [2.05, 4.69) is 45.1 Å². The zero-order chi connectivity index (χ0) is 63.7. The average Bonchev–Trinajstić information content (AvgIpc) is 1.98. The summed E-state index contributed by atoms with van der Waals surface area (Å²) in [5.74, 6) is -6.15. The second-order valence-electron chi connectivity index (χ2n) is 23.1. The molecule has 1 aliphatic carbocycles. The van der Waals surface area contributed by atoms with Crippen LogP contribution in [-0.4, -0.2) is 114 Å². The maximum Gasteiger partial charge on any atom is 0.407 e. The predicted octanol–water partition coefficient (Wildman–Crippen LogP) is 8.49. The van der Waals surface area contributed by atoms with Gasteiger partial charge in [-0.2, -0.15) is 0 Å². The smallest absolute Gasteiger partial charge is 0.407 e. The summed E-state index contributed by atoms with van der Waals surface area (Å²) in [4.78, 5) is 112. The second-order valence-corrected chi connectivity index (χ2v) is 23.1. The van der Waals surface area contributed by atoms with E-state index >= 15 is 4.79 Å². The predicted molar refractivity (Wildman–Crippen MR) is 332 cm³/mol. The standard InChI is InChI=1S/C69H83N7O11/c1-10-44(5)55(38-49(77)40-70-63(80)57(11-2)74-67(84)86-43-56-53-35-25-23-33-51(53)52-34-24-26-36-54(52)56)62(79)71-41-61(78)72-58(12-3)64(81)73-59(65(82)76-42-50(87-68(7,8)9)39-60(76)66(83)85-13-4)37-45(6)75-69(46-27-17-14-18-28-46,47-29-19-15-20-30-47)48-31-21-16-22-32-48/h13-36,44,50,55-60,75H,4,6,10-12,37-43H2,1-3,5,7-9H3,(H,70,80)(H,71,79)(H,72,78)(H,73,81)(H,74,84)/t44-,50+,55-,57-,58-,59-,60-/m0/s1/i13T. The molecule has 6 amide bonds. The van der Waals surface area contributed by atoms with E-state index < -0.39 is 114 Å². The van der Waals surface area contributed by atoms with Crippen LogP contribution in [0.15, 0.2) is 165 Å². The summed E-state index contributed by atoms with van der Waals surface area (Å²) in [5.41, 5.74) is 5.33. The van der Waals surface area contributed by atoms with Crippen molar-refractivity contribution < 1.29 is 53.9 Å². The first-order chi connectivity index (χ1) is 42.1. The van der Waals surface area contributed by atoms with Crippen LogP contribution in [0.2, 0.25) is 0 Å². The minimum absolute atomic E-state index is 0.0285. The van der Waals surface area contributed by atoms with Gasteiger partial charge in [0.1, 0.15) is 37.7 Å². The number of rotatable bonds is 29. The van der Waals surface area contributed by atoms with Crippen LogP contribution in [0.4, 0.5) is 4.79 Å². The van der Waals surface area contributed by atoms with E-state index in [1.165, 1.54) is 4.90 Å². The fourth-order valence-electron chi connectivity index (χ4n) is 11.5. The van der Waals surface area contributed by atoms with E-state index in [0.717, 1.165) is 38.9 Å². The monoisotopic (exact) mass is 1190 g/mol. The number of carbonyl (C=O) groups is 8. The zero-order valence-electron chi connectivity index (χ0n) is 51.8. The molecule has 7 rings (SSSR count). The second kappa shape index (κ2) is 30.4. The number of fused-ring (bicyclic) bond motifs is 3. The third kappa shape index (κ3) is 16.8. The van der Waals surface area contributed by atoms with Crippen molar-refractivity contribution in [3.8, 4) is 11.1 Å². The van der Waals surface area contributed by atoms with Gasteiger partial charge in [-0.25, -0.2) is 9.59 Å². The van der Waals surface area contributed by atoms with Crippen molar-refractivity contribution in [2.24, 2.45) is 11.8 Å². The Morgan fingerprint density at radius 3 is 1.69 bits per heavy atom. The summed E-state index contributed by atoms with van der Waals surface area (Å²) in [6.45, 7) is 19.4. The number of ketones is 1. The Morgan fingerprint density at radius 2 is 1.17 bits per heavy atom. The van der Waals surface area contributed by atoms with E-state index in [9.17, 15) is 33.6 Å². The number of esters is 1. The van der Waals surface area contributed by atoms with E-state index in [-0.39, 0.29) is 57.1 Å². The number of likely N-dealkylation sites (tertiary alicyclic amines) is 1. The summed E-state index contributed by atoms with van der Waals surface area (Å²) < 4.78 is 24.9. The molecule has 0 unspecified atom stereocenters. The number of nitrogens with zero attached hydrogens (tertiary/aromatic N) is 1. The molecule has 0 radical (unpaired) electrons. The molecule has 1 heterocycles. The number of carbonyl (C=O) groups excluding carboxylic acids is 8. The summed E-state index contributed by atoms with van der Waals surface area (Å²) in [6.07, 6.45) is -1.75. The van der Waals surface area contributed by atoms with Gasteiger partial charge in [0.15, 0.2) is 5.78 Å². The highest BCUT2D eigenvalue weighted by atomic mass is 16.5. The fourth-order valence-corrected chi connectivity index (χ4v) is 11.5. The summed E-state index contributed by atoms with van der Waals surface area (Å²) >= 11 is 0. The third-order valence-electron chi connectivity index (χ3n) is 16.0. The molecule has 0 spiro atoms. The van der Waals surface area contributed by atoms with Crippen LogP contribution < -0.4 is 31.9 Å². The van der Waals surface area contributed by atoms with Crippen LogP contribution in [0.25, 0.3) is 11.1 Å². The van der Waals surface area contributed by atoms with Gasteiger partial charge in [0.25, 0.3) is 0 Å². The molecule has 460 valence electrons. The Hall–Kier alpha value is -8.90. The number of amides is 6. The minimum atomic E-state index is -1.41. The van der Waals surface area contributed by atoms with Crippen molar-refractivity contribution in [1.29, 1.82) is 0 Å². The molecule has 0 saturated carbocycles. The highest BCUT2D eigenvalue weighted by Crippen LogP contribution is 2.45. The SMILES string of the molecule is [3H]C(=C)OC(=O)[C@@H]1C[C@@H](OC(C)(C)C)CN1C(=O)[C@H](CC(=C)NC(c1ccccc1)(c1ccccc1)c1ccccc1)NC(=O)[C@H](CC)NC(=O)CNC(=O)[C@@H](CC(=O)CNC(=O)[C@H](CC)NC(=O)OCC1c2ccccc2-c2ccccc21)[C@@H](C)CC. The number of nitrogens with one attached hydrogen (secondary N) is 6. The molecule has 7 atom stereocenters. The molecule has 6 N–H and O–H groups in total. The summed E-state index contributed by atoms with van der Waals surface area (Å²) in [6, 6.07) is 40.1. The summed E-state index contributed by atoms with van der Waals surface area (Å²) in [7, 11) is 0. The van der Waals surface area contributed by atoms with E-state index in [1.54, 1.807) is 20.8 Å². The molecule has 18 heteroatoms. The number of hydrogen-bond acceptors (Lipinski definition) is 12. The van der Waals surface area contributed by atoms with Crippen molar-refractivity contribution >= 4 is 47.4 Å². The van der Waals surface area contributed by atoms with E-state index in [0.29, 0.717) is 12.1 Å². The Bertz CT molecular complexity index is 3160. The summed E-state index contributed by atoms with van der Waals surface area (Å²) in [5, 5.41) is 17.0. The number of Topliss-reactive ketones (excluding diaryl/α,β-unsaturated/α-hetero) is 1. The van der Waals surface area contributed by atoms with Crippen molar-refractivity contribution in [2.45, 2.75) is 134 Å². The van der Waals surface area contributed by atoms with Gasteiger partial charge < -0.3 is 51.0 Å². The molecule has 87 heavy (non-hydrogen) atoms. The molecular formula is C69H83N7O11.